The maximum absolute atomic E-state index is 12.8. The maximum atomic E-state index is 12.8. The van der Waals surface area contributed by atoms with Gasteiger partial charge in [0.05, 0.1) is 11.3 Å². The summed E-state index contributed by atoms with van der Waals surface area (Å²) in [5, 5.41) is 3.50. The molecule has 0 aliphatic carbocycles. The summed E-state index contributed by atoms with van der Waals surface area (Å²) in [6, 6.07) is 6.04. The average Bonchev–Trinajstić information content (AvgIpc) is 3.04. The second-order valence-electron chi connectivity index (χ2n) is 6.45. The summed E-state index contributed by atoms with van der Waals surface area (Å²) < 4.78 is 0. The number of rotatable bonds is 5. The molecule has 3 rings (SSSR count). The summed E-state index contributed by atoms with van der Waals surface area (Å²) in [5.74, 6) is -0.763. The van der Waals surface area contributed by atoms with Crippen molar-refractivity contribution in [2.24, 2.45) is 5.73 Å². The molecule has 0 bridgehead atoms. The molecule has 1 atom stereocenters. The van der Waals surface area contributed by atoms with Gasteiger partial charge in [0.1, 0.15) is 5.69 Å². The summed E-state index contributed by atoms with van der Waals surface area (Å²) in [5.41, 5.74) is 8.89. The standard InChI is InChI=1S/C19H22N3O2S/c1-11-6-7-13(9-12(11)2)17-16(22-19(25-17)18(20)24)15(23)10-14-5-3-4-8-21-14/h6-7,9-10,14,21H,3-5,8H2,1-2H3,(H2,20,24). The molecule has 1 aliphatic rings. The minimum Gasteiger partial charge on any atom is -0.364 e. The summed E-state index contributed by atoms with van der Waals surface area (Å²) in [6.45, 7) is 4.98. The molecule has 1 unspecified atom stereocenters. The summed E-state index contributed by atoms with van der Waals surface area (Å²) in [7, 11) is 0. The highest BCUT2D eigenvalue weighted by molar-refractivity contribution is 7.17. The van der Waals surface area contributed by atoms with Gasteiger partial charge in [-0.1, -0.05) is 24.6 Å². The van der Waals surface area contributed by atoms with Crippen molar-refractivity contribution in [2.45, 2.75) is 39.2 Å². The number of hydrogen-bond donors (Lipinski definition) is 2. The molecule has 0 spiro atoms. The van der Waals surface area contributed by atoms with Crippen LogP contribution in [-0.4, -0.2) is 29.3 Å². The van der Waals surface area contributed by atoms with Crippen LogP contribution in [-0.2, 0) is 0 Å². The Balaban J connectivity index is 1.95. The first-order valence-electron chi connectivity index (χ1n) is 8.46. The number of thiazole rings is 1. The van der Waals surface area contributed by atoms with Crippen molar-refractivity contribution in [3.05, 3.63) is 46.4 Å². The predicted molar refractivity (Wildman–Crippen MR) is 99.8 cm³/mol. The molecule has 1 amide bonds. The first-order valence-corrected chi connectivity index (χ1v) is 9.28. The third-order valence-corrected chi connectivity index (χ3v) is 5.66. The number of aromatic nitrogens is 1. The Morgan fingerprint density at radius 2 is 2.08 bits per heavy atom. The minimum absolute atomic E-state index is 0.0626. The van der Waals surface area contributed by atoms with Crippen LogP contribution in [0, 0.1) is 20.3 Å². The van der Waals surface area contributed by atoms with Gasteiger partial charge in [0, 0.05) is 6.04 Å². The van der Waals surface area contributed by atoms with E-state index in [1.165, 1.54) is 16.9 Å². The molecule has 131 valence electrons. The van der Waals surface area contributed by atoms with Crippen molar-refractivity contribution in [2.75, 3.05) is 6.54 Å². The van der Waals surface area contributed by atoms with Crippen molar-refractivity contribution in [3.8, 4) is 10.4 Å². The Hall–Kier alpha value is -2.05. The minimum atomic E-state index is -0.607. The lowest BCUT2D eigenvalue weighted by Crippen LogP contribution is -2.36. The molecule has 1 aromatic carbocycles. The fourth-order valence-electron chi connectivity index (χ4n) is 2.95. The fraction of sp³-hybridized carbons (Fsp3) is 0.368. The Kier molecular flexibility index (Phi) is 5.30. The van der Waals surface area contributed by atoms with E-state index in [0.29, 0.717) is 10.6 Å². The molecular formula is C19H22N3O2S. The number of carbonyl (C=O) groups is 2. The molecule has 0 saturated carbocycles. The van der Waals surface area contributed by atoms with Gasteiger partial charge in [-0.2, -0.15) is 0 Å². The van der Waals surface area contributed by atoms with E-state index in [0.717, 1.165) is 36.9 Å². The number of aryl methyl sites for hydroxylation is 2. The van der Waals surface area contributed by atoms with Gasteiger partial charge in [-0.3, -0.25) is 9.59 Å². The molecule has 1 saturated heterocycles. The first-order chi connectivity index (χ1) is 12.0. The quantitative estimate of drug-likeness (QED) is 0.806. The van der Waals surface area contributed by atoms with Crippen molar-refractivity contribution in [1.29, 1.82) is 0 Å². The van der Waals surface area contributed by atoms with Crippen LogP contribution in [0.1, 0.15) is 50.7 Å². The van der Waals surface area contributed by atoms with Crippen LogP contribution in [0.2, 0.25) is 0 Å². The molecular weight excluding hydrogens is 334 g/mol. The van der Waals surface area contributed by atoms with Crippen LogP contribution in [0.4, 0.5) is 0 Å². The van der Waals surface area contributed by atoms with E-state index in [4.69, 9.17) is 5.73 Å². The lowest BCUT2D eigenvalue weighted by molar-refractivity contribution is 0.0999. The monoisotopic (exact) mass is 356 g/mol. The molecule has 1 radical (unpaired) electrons. The van der Waals surface area contributed by atoms with Crippen LogP contribution in [0.25, 0.3) is 10.4 Å². The number of benzene rings is 1. The highest BCUT2D eigenvalue weighted by Gasteiger charge is 2.25. The molecule has 1 fully saturated rings. The lowest BCUT2D eigenvalue weighted by Gasteiger charge is -2.22. The van der Waals surface area contributed by atoms with E-state index < -0.39 is 5.91 Å². The van der Waals surface area contributed by atoms with Crippen molar-refractivity contribution in [3.63, 3.8) is 0 Å². The molecule has 2 heterocycles. The summed E-state index contributed by atoms with van der Waals surface area (Å²) >= 11 is 1.18. The second kappa shape index (κ2) is 7.45. The van der Waals surface area contributed by atoms with Gasteiger partial charge >= 0.3 is 0 Å². The number of primary amides is 1. The van der Waals surface area contributed by atoms with Gasteiger partial charge in [0.15, 0.2) is 10.8 Å². The zero-order valence-corrected chi connectivity index (χ0v) is 15.3. The van der Waals surface area contributed by atoms with Gasteiger partial charge < -0.3 is 11.1 Å². The molecule has 3 N–H and O–H groups in total. The van der Waals surface area contributed by atoms with E-state index in [-0.39, 0.29) is 16.8 Å². The van der Waals surface area contributed by atoms with E-state index in [1.54, 1.807) is 6.42 Å². The number of ketones is 1. The van der Waals surface area contributed by atoms with Crippen LogP contribution >= 0.6 is 11.3 Å². The number of nitrogens with two attached hydrogens (primary N) is 1. The normalized spacial score (nSPS) is 17.4. The van der Waals surface area contributed by atoms with E-state index in [9.17, 15) is 9.59 Å². The highest BCUT2D eigenvalue weighted by Crippen LogP contribution is 2.32. The second-order valence-corrected chi connectivity index (χ2v) is 7.45. The Labute approximate surface area is 151 Å². The van der Waals surface area contributed by atoms with Crippen LogP contribution in [0.5, 0.6) is 0 Å². The number of nitrogens with zero attached hydrogens (tertiary/aromatic N) is 1. The van der Waals surface area contributed by atoms with Crippen LogP contribution in [0.15, 0.2) is 18.2 Å². The number of Topliss-reactive ketones (excluding diaryl/α,β-unsaturated/α-hetero) is 1. The average molecular weight is 356 g/mol. The van der Waals surface area contributed by atoms with Crippen molar-refractivity contribution >= 4 is 23.0 Å². The maximum Gasteiger partial charge on any atom is 0.277 e. The largest absolute Gasteiger partial charge is 0.364 e. The number of hydrogen-bond acceptors (Lipinski definition) is 5. The molecule has 6 heteroatoms. The third kappa shape index (κ3) is 3.96. The third-order valence-electron chi connectivity index (χ3n) is 4.54. The Morgan fingerprint density at radius 1 is 1.28 bits per heavy atom. The van der Waals surface area contributed by atoms with Crippen molar-refractivity contribution < 1.29 is 9.59 Å². The van der Waals surface area contributed by atoms with Gasteiger partial charge in [0.2, 0.25) is 0 Å². The summed E-state index contributed by atoms with van der Waals surface area (Å²) in [6.07, 6.45) is 4.87. The molecule has 25 heavy (non-hydrogen) atoms. The topological polar surface area (TPSA) is 85.1 Å². The molecule has 5 nitrogen and oxygen atoms in total. The predicted octanol–water partition coefficient (Wildman–Crippen LogP) is 3.05. The summed E-state index contributed by atoms with van der Waals surface area (Å²) in [4.78, 5) is 29.3. The zero-order chi connectivity index (χ0) is 18.0. The number of piperidine rings is 1. The van der Waals surface area contributed by atoms with Crippen molar-refractivity contribution in [1.82, 2.24) is 10.3 Å². The van der Waals surface area contributed by atoms with Gasteiger partial charge in [-0.05, 0) is 49.9 Å². The molecule has 2 aromatic rings. The van der Waals surface area contributed by atoms with Crippen LogP contribution < -0.4 is 11.1 Å². The SMILES string of the molecule is Cc1ccc(-c2sc(C(N)=O)nc2C(=O)[CH]C2CCCCN2)cc1C. The molecule has 1 aromatic heterocycles. The Morgan fingerprint density at radius 3 is 2.72 bits per heavy atom. The van der Waals surface area contributed by atoms with E-state index in [1.807, 2.05) is 32.0 Å². The zero-order valence-electron chi connectivity index (χ0n) is 14.5. The smallest absolute Gasteiger partial charge is 0.277 e. The number of nitrogens with one attached hydrogen (secondary N) is 1. The van der Waals surface area contributed by atoms with Gasteiger partial charge in [0.25, 0.3) is 5.91 Å². The fourth-order valence-corrected chi connectivity index (χ4v) is 3.87. The van der Waals surface area contributed by atoms with Crippen LogP contribution in [0.3, 0.4) is 0 Å². The van der Waals surface area contributed by atoms with E-state index >= 15 is 0 Å². The highest BCUT2D eigenvalue weighted by atomic mass is 32.1. The van der Waals surface area contributed by atoms with E-state index in [2.05, 4.69) is 10.3 Å². The lowest BCUT2D eigenvalue weighted by atomic mass is 9.97. The number of carbonyl (C=O) groups excluding carboxylic acids is 2. The number of amides is 1. The molecule has 1 aliphatic heterocycles. The van der Waals surface area contributed by atoms with Gasteiger partial charge in [-0.15, -0.1) is 11.3 Å². The van der Waals surface area contributed by atoms with Gasteiger partial charge in [-0.25, -0.2) is 4.98 Å². The Bertz CT molecular complexity index is 807. The first kappa shape index (κ1) is 17.8.